The Morgan fingerprint density at radius 3 is 2.69 bits per heavy atom. The molecule has 0 saturated carbocycles. The molecular weight excluding hydrogens is 466 g/mol. The molecule has 4 rings (SSSR count). The number of rotatable bonds is 8. The number of nitrogens with zero attached hydrogens (tertiary/aromatic N) is 4. The summed E-state index contributed by atoms with van der Waals surface area (Å²) in [5.41, 5.74) is 9.09. The van der Waals surface area contributed by atoms with Gasteiger partial charge in [-0.25, -0.2) is 9.97 Å². The summed E-state index contributed by atoms with van der Waals surface area (Å²) in [6.07, 6.45) is 4.14. The molecule has 0 spiro atoms. The molecule has 10 heteroatoms. The highest BCUT2D eigenvalue weighted by Gasteiger charge is 2.24. The Kier molecular flexibility index (Phi) is 7.12. The minimum atomic E-state index is -0.258. The maximum Gasteiger partial charge on any atom is 0.225 e. The molecule has 0 saturated heterocycles. The Labute approximate surface area is 198 Å². The van der Waals surface area contributed by atoms with Crippen molar-refractivity contribution in [2.45, 2.75) is 26.0 Å². The largest absolute Gasteiger partial charge is 0.378 e. The monoisotopic (exact) mass is 487 g/mol. The van der Waals surface area contributed by atoms with E-state index in [0.717, 1.165) is 31.4 Å². The molecule has 1 aromatic carbocycles. The zero-order chi connectivity index (χ0) is 22.7. The first-order valence-electron chi connectivity index (χ1n) is 9.92. The summed E-state index contributed by atoms with van der Waals surface area (Å²) in [6, 6.07) is 9.19. The third kappa shape index (κ3) is 5.13. The Balaban J connectivity index is 1.61. The number of anilines is 1. The van der Waals surface area contributed by atoms with E-state index in [9.17, 15) is 4.79 Å². The Morgan fingerprint density at radius 2 is 2.00 bits per heavy atom. The van der Waals surface area contributed by atoms with E-state index in [1.807, 2.05) is 30.3 Å². The molecule has 166 valence electrons. The molecule has 0 aliphatic heterocycles. The molecule has 3 heterocycles. The predicted octanol–water partition coefficient (Wildman–Crippen LogP) is 4.54. The topological polar surface area (TPSA) is 94.2 Å². The number of hydrogen-bond acceptors (Lipinski definition) is 8. The number of ether oxygens (including phenoxy) is 1. The SMILES string of the molecule is COCc1nc(N(C[C@@H](N)Cc2ccc(Cl)cc2)C(C)=O)sc1-c1nc2ccncc2s1. The van der Waals surface area contributed by atoms with Gasteiger partial charge in [0.25, 0.3) is 0 Å². The first-order chi connectivity index (χ1) is 15.4. The van der Waals surface area contributed by atoms with Crippen LogP contribution >= 0.6 is 34.3 Å². The second kappa shape index (κ2) is 10.0. The van der Waals surface area contributed by atoms with Crippen molar-refractivity contribution >= 4 is 55.5 Å². The summed E-state index contributed by atoms with van der Waals surface area (Å²) in [5, 5.41) is 2.10. The number of pyridine rings is 1. The van der Waals surface area contributed by atoms with Crippen LogP contribution in [0.2, 0.25) is 5.02 Å². The molecular formula is C22H22ClN5O2S2. The van der Waals surface area contributed by atoms with Crippen LogP contribution < -0.4 is 10.6 Å². The Bertz CT molecular complexity index is 1190. The Hall–Kier alpha value is -2.43. The van der Waals surface area contributed by atoms with Crippen molar-refractivity contribution in [2.24, 2.45) is 5.73 Å². The summed E-state index contributed by atoms with van der Waals surface area (Å²) < 4.78 is 6.35. The van der Waals surface area contributed by atoms with Crippen LogP contribution in [-0.4, -0.2) is 40.6 Å². The van der Waals surface area contributed by atoms with Gasteiger partial charge in [0.05, 0.1) is 27.4 Å². The van der Waals surface area contributed by atoms with Crippen molar-refractivity contribution in [3.05, 3.63) is 59.0 Å². The molecule has 2 N–H and O–H groups in total. The van der Waals surface area contributed by atoms with Gasteiger partial charge in [-0.3, -0.25) is 14.7 Å². The van der Waals surface area contributed by atoms with E-state index in [1.165, 1.54) is 18.3 Å². The number of thiazole rings is 2. The molecule has 3 aromatic heterocycles. The van der Waals surface area contributed by atoms with Crippen LogP contribution in [0.4, 0.5) is 5.13 Å². The average Bonchev–Trinajstić information content (AvgIpc) is 3.37. The summed E-state index contributed by atoms with van der Waals surface area (Å²) in [6.45, 7) is 2.19. The van der Waals surface area contributed by atoms with E-state index >= 15 is 0 Å². The maximum atomic E-state index is 12.5. The van der Waals surface area contributed by atoms with Crippen LogP contribution in [-0.2, 0) is 22.6 Å². The average molecular weight is 488 g/mol. The van der Waals surface area contributed by atoms with Gasteiger partial charge >= 0.3 is 0 Å². The smallest absolute Gasteiger partial charge is 0.225 e. The van der Waals surface area contributed by atoms with Crippen molar-refractivity contribution in [3.8, 4) is 9.88 Å². The first-order valence-corrected chi connectivity index (χ1v) is 11.9. The van der Waals surface area contributed by atoms with Crippen LogP contribution in [0.5, 0.6) is 0 Å². The minimum absolute atomic E-state index is 0.116. The number of amides is 1. The number of nitrogens with two attached hydrogens (primary N) is 1. The number of carbonyl (C=O) groups is 1. The third-order valence-electron chi connectivity index (χ3n) is 4.79. The molecule has 1 amide bonds. The number of hydrogen-bond donors (Lipinski definition) is 1. The quantitative estimate of drug-likeness (QED) is 0.392. The highest BCUT2D eigenvalue weighted by molar-refractivity contribution is 7.26. The second-order valence-corrected chi connectivity index (χ2v) is 9.73. The zero-order valence-corrected chi connectivity index (χ0v) is 20.0. The van der Waals surface area contributed by atoms with E-state index in [2.05, 4.69) is 4.98 Å². The molecule has 0 radical (unpaired) electrons. The minimum Gasteiger partial charge on any atom is -0.378 e. The van der Waals surface area contributed by atoms with E-state index in [0.29, 0.717) is 29.7 Å². The van der Waals surface area contributed by atoms with Gasteiger partial charge in [0.1, 0.15) is 5.01 Å². The van der Waals surface area contributed by atoms with E-state index in [4.69, 9.17) is 32.0 Å². The number of carbonyl (C=O) groups excluding carboxylic acids is 1. The molecule has 32 heavy (non-hydrogen) atoms. The molecule has 0 bridgehead atoms. The van der Waals surface area contributed by atoms with Gasteiger partial charge in [0.2, 0.25) is 5.91 Å². The maximum absolute atomic E-state index is 12.5. The van der Waals surface area contributed by atoms with Gasteiger partial charge in [0.15, 0.2) is 5.13 Å². The van der Waals surface area contributed by atoms with Crippen molar-refractivity contribution in [3.63, 3.8) is 0 Å². The van der Waals surface area contributed by atoms with E-state index in [-0.39, 0.29) is 11.9 Å². The van der Waals surface area contributed by atoms with Crippen molar-refractivity contribution in [1.29, 1.82) is 0 Å². The van der Waals surface area contributed by atoms with Crippen molar-refractivity contribution < 1.29 is 9.53 Å². The van der Waals surface area contributed by atoms with E-state index in [1.54, 1.807) is 35.7 Å². The van der Waals surface area contributed by atoms with Gasteiger partial charge in [-0.2, -0.15) is 0 Å². The van der Waals surface area contributed by atoms with Crippen LogP contribution in [0.1, 0.15) is 18.2 Å². The second-order valence-electron chi connectivity index (χ2n) is 7.29. The fourth-order valence-electron chi connectivity index (χ4n) is 3.30. The summed E-state index contributed by atoms with van der Waals surface area (Å²) in [7, 11) is 1.62. The number of methoxy groups -OCH3 is 1. The molecule has 0 fully saturated rings. The van der Waals surface area contributed by atoms with Crippen molar-refractivity contribution in [2.75, 3.05) is 18.6 Å². The molecule has 0 unspecified atom stereocenters. The van der Waals surface area contributed by atoms with Crippen LogP contribution in [0.15, 0.2) is 42.7 Å². The molecule has 4 aromatic rings. The molecule has 1 atom stereocenters. The number of fused-ring (bicyclic) bond motifs is 1. The highest BCUT2D eigenvalue weighted by atomic mass is 35.5. The van der Waals surface area contributed by atoms with Crippen LogP contribution in [0, 0.1) is 0 Å². The lowest BCUT2D eigenvalue weighted by atomic mass is 10.1. The predicted molar refractivity (Wildman–Crippen MR) is 130 cm³/mol. The van der Waals surface area contributed by atoms with Gasteiger partial charge in [0, 0.05) is 44.0 Å². The Morgan fingerprint density at radius 1 is 1.22 bits per heavy atom. The first kappa shape index (κ1) is 22.8. The summed E-state index contributed by atoms with van der Waals surface area (Å²) in [4.78, 5) is 28.6. The van der Waals surface area contributed by atoms with E-state index < -0.39 is 0 Å². The normalized spacial score (nSPS) is 12.2. The number of halogens is 1. The lowest BCUT2D eigenvalue weighted by Gasteiger charge is -2.22. The molecule has 0 aliphatic carbocycles. The fraction of sp³-hybridized carbons (Fsp3) is 0.273. The van der Waals surface area contributed by atoms with Gasteiger partial charge in [-0.05, 0) is 30.2 Å². The summed E-state index contributed by atoms with van der Waals surface area (Å²) in [5.74, 6) is -0.116. The standard InChI is InChI=1S/C22H22ClN5O2S2/c1-13(29)28(11-16(24)9-14-3-5-15(23)6-4-14)22-27-18(12-30-2)20(32-22)21-26-17-7-8-25-10-19(17)31-21/h3-8,10,16H,9,11-12,24H2,1-2H3/t16-/m0/s1. The lowest BCUT2D eigenvalue weighted by molar-refractivity contribution is -0.116. The number of benzene rings is 1. The zero-order valence-electron chi connectivity index (χ0n) is 17.6. The number of aromatic nitrogens is 3. The fourth-order valence-corrected chi connectivity index (χ4v) is 5.57. The summed E-state index contributed by atoms with van der Waals surface area (Å²) >= 11 is 8.93. The third-order valence-corrected chi connectivity index (χ3v) is 7.32. The lowest BCUT2D eigenvalue weighted by Crippen LogP contribution is -2.41. The van der Waals surface area contributed by atoms with Gasteiger partial charge in [-0.1, -0.05) is 35.1 Å². The van der Waals surface area contributed by atoms with Gasteiger partial charge in [-0.15, -0.1) is 11.3 Å². The van der Waals surface area contributed by atoms with Crippen LogP contribution in [0.3, 0.4) is 0 Å². The van der Waals surface area contributed by atoms with Crippen LogP contribution in [0.25, 0.3) is 20.1 Å². The molecule has 7 nitrogen and oxygen atoms in total. The highest BCUT2D eigenvalue weighted by Crippen LogP contribution is 2.39. The van der Waals surface area contributed by atoms with Crippen molar-refractivity contribution in [1.82, 2.24) is 15.0 Å². The van der Waals surface area contributed by atoms with Gasteiger partial charge < -0.3 is 10.5 Å². The molecule has 0 aliphatic rings.